The lowest BCUT2D eigenvalue weighted by molar-refractivity contribution is -0.138. The Bertz CT molecular complexity index is 692. The third kappa shape index (κ3) is 5.04. The summed E-state index contributed by atoms with van der Waals surface area (Å²) < 4.78 is 10.6. The molecule has 0 spiro atoms. The second kappa shape index (κ2) is 8.25. The topological polar surface area (TPSA) is 55.8 Å². The molecular formula is C18H17ClO4. The summed E-state index contributed by atoms with van der Waals surface area (Å²) in [5.74, 6) is 0.764. The maximum Gasteiger partial charge on any atom is 0.337 e. The lowest BCUT2D eigenvalue weighted by Gasteiger charge is -2.09. The summed E-state index contributed by atoms with van der Waals surface area (Å²) >= 11 is 5.84. The quantitative estimate of drug-likeness (QED) is 0.474. The number of aliphatic hydroxyl groups excluding tert-OH is 1. The minimum atomic E-state index is -0.529. The van der Waals surface area contributed by atoms with E-state index in [1.165, 1.54) is 0 Å². The zero-order valence-corrected chi connectivity index (χ0v) is 13.4. The van der Waals surface area contributed by atoms with Gasteiger partial charge in [-0.1, -0.05) is 23.7 Å². The first-order valence-corrected chi connectivity index (χ1v) is 7.53. The third-order valence-electron chi connectivity index (χ3n) is 3.04. The molecule has 4 nitrogen and oxygen atoms in total. The molecule has 0 atom stereocenters. The van der Waals surface area contributed by atoms with Crippen molar-refractivity contribution in [1.82, 2.24) is 0 Å². The van der Waals surface area contributed by atoms with Crippen molar-refractivity contribution in [3.63, 3.8) is 0 Å². The molecule has 0 heterocycles. The summed E-state index contributed by atoms with van der Waals surface area (Å²) in [5.41, 5.74) is 1.01. The van der Waals surface area contributed by atoms with E-state index < -0.39 is 5.97 Å². The van der Waals surface area contributed by atoms with Gasteiger partial charge in [-0.2, -0.15) is 0 Å². The Morgan fingerprint density at radius 2 is 1.91 bits per heavy atom. The van der Waals surface area contributed by atoms with E-state index in [4.69, 9.17) is 21.1 Å². The predicted molar refractivity (Wildman–Crippen MR) is 89.0 cm³/mol. The maximum absolute atomic E-state index is 11.7. The molecule has 0 aliphatic heterocycles. The monoisotopic (exact) mass is 332 g/mol. The van der Waals surface area contributed by atoms with Gasteiger partial charge in [0.25, 0.3) is 0 Å². The van der Waals surface area contributed by atoms with Crippen molar-refractivity contribution in [2.45, 2.75) is 13.3 Å². The molecule has 0 bridgehead atoms. The Kier molecular flexibility index (Phi) is 6.06. The molecule has 5 heteroatoms. The van der Waals surface area contributed by atoms with Crippen LogP contribution >= 0.6 is 11.6 Å². The van der Waals surface area contributed by atoms with E-state index in [-0.39, 0.29) is 18.6 Å². The van der Waals surface area contributed by atoms with Gasteiger partial charge in [-0.05, 0) is 48.9 Å². The van der Waals surface area contributed by atoms with Crippen molar-refractivity contribution >= 4 is 17.6 Å². The van der Waals surface area contributed by atoms with Crippen molar-refractivity contribution in [3.8, 4) is 11.5 Å². The number of aliphatic hydroxyl groups is 1. The summed E-state index contributed by atoms with van der Waals surface area (Å²) in [6.45, 7) is 1.98. The largest absolute Gasteiger partial charge is 0.515 e. The molecule has 0 aliphatic rings. The second-order valence-electron chi connectivity index (χ2n) is 4.75. The Hall–Kier alpha value is -2.46. The first-order valence-electron chi connectivity index (χ1n) is 7.15. The average molecular weight is 333 g/mol. The lowest BCUT2D eigenvalue weighted by Crippen LogP contribution is -2.10. The Labute approximate surface area is 139 Å². The molecule has 0 unspecified atom stereocenters. The van der Waals surface area contributed by atoms with Gasteiger partial charge in [0.15, 0.2) is 0 Å². The molecule has 0 fully saturated rings. The van der Waals surface area contributed by atoms with Crippen LogP contribution in [0.2, 0.25) is 5.02 Å². The first-order chi connectivity index (χ1) is 11.1. The summed E-state index contributed by atoms with van der Waals surface area (Å²) in [7, 11) is 0. The molecule has 0 saturated heterocycles. The molecule has 0 saturated carbocycles. The number of hydrogen-bond acceptors (Lipinski definition) is 4. The highest BCUT2D eigenvalue weighted by atomic mass is 35.5. The normalized spacial score (nSPS) is 11.1. The highest BCUT2D eigenvalue weighted by Gasteiger charge is 2.12. The Balaban J connectivity index is 2.10. The number of benzene rings is 2. The molecule has 0 radical (unpaired) electrons. The van der Waals surface area contributed by atoms with Crippen LogP contribution in [0.25, 0.3) is 0 Å². The van der Waals surface area contributed by atoms with Gasteiger partial charge in [0.1, 0.15) is 11.5 Å². The molecule has 0 amide bonds. The van der Waals surface area contributed by atoms with Crippen molar-refractivity contribution in [2.24, 2.45) is 0 Å². The van der Waals surface area contributed by atoms with Gasteiger partial charge >= 0.3 is 5.97 Å². The molecule has 2 aromatic rings. The summed E-state index contributed by atoms with van der Waals surface area (Å²) in [4.78, 5) is 11.7. The van der Waals surface area contributed by atoms with Crippen molar-refractivity contribution in [1.29, 1.82) is 0 Å². The standard InChI is InChI=1S/C18H17ClO4/c1-2-22-18(21)14(12-20)10-13-4-3-5-17(11-13)23-16-8-6-15(19)7-9-16/h3-9,11-12,20H,2,10H2,1H3/b14-12+. The minimum Gasteiger partial charge on any atom is -0.515 e. The number of esters is 1. The van der Waals surface area contributed by atoms with Gasteiger partial charge in [0, 0.05) is 11.4 Å². The number of carbonyl (C=O) groups excluding carboxylic acids is 1. The minimum absolute atomic E-state index is 0.190. The molecule has 0 aromatic heterocycles. The summed E-state index contributed by atoms with van der Waals surface area (Å²) in [5, 5.41) is 9.85. The lowest BCUT2D eigenvalue weighted by atomic mass is 10.1. The smallest absolute Gasteiger partial charge is 0.337 e. The average Bonchev–Trinajstić information content (AvgIpc) is 2.55. The van der Waals surface area contributed by atoms with Crippen LogP contribution in [0.1, 0.15) is 12.5 Å². The number of halogens is 1. The van der Waals surface area contributed by atoms with Crippen LogP contribution in [-0.4, -0.2) is 17.7 Å². The zero-order valence-electron chi connectivity index (χ0n) is 12.7. The van der Waals surface area contributed by atoms with E-state index in [2.05, 4.69) is 0 Å². The van der Waals surface area contributed by atoms with Crippen LogP contribution in [0.5, 0.6) is 11.5 Å². The van der Waals surface area contributed by atoms with E-state index in [1.54, 1.807) is 37.3 Å². The van der Waals surface area contributed by atoms with Gasteiger partial charge in [0.05, 0.1) is 18.4 Å². The van der Waals surface area contributed by atoms with E-state index in [0.29, 0.717) is 16.5 Å². The van der Waals surface area contributed by atoms with Crippen molar-refractivity contribution < 1.29 is 19.4 Å². The molecular weight excluding hydrogens is 316 g/mol. The first kappa shape index (κ1) is 16.9. The van der Waals surface area contributed by atoms with E-state index in [1.807, 2.05) is 18.2 Å². The fourth-order valence-electron chi connectivity index (χ4n) is 1.97. The molecule has 2 aromatic carbocycles. The number of rotatable bonds is 6. The summed E-state index contributed by atoms with van der Waals surface area (Å²) in [6, 6.07) is 14.3. The molecule has 2 rings (SSSR count). The highest BCUT2D eigenvalue weighted by Crippen LogP contribution is 2.24. The van der Waals surface area contributed by atoms with E-state index in [0.717, 1.165) is 11.8 Å². The van der Waals surface area contributed by atoms with Crippen molar-refractivity contribution in [3.05, 3.63) is 71.0 Å². The van der Waals surface area contributed by atoms with Crippen LogP contribution in [0.4, 0.5) is 0 Å². The van der Waals surface area contributed by atoms with Gasteiger partial charge in [-0.15, -0.1) is 0 Å². The van der Waals surface area contributed by atoms with Crippen LogP contribution in [0.15, 0.2) is 60.4 Å². The molecule has 1 N–H and O–H groups in total. The second-order valence-corrected chi connectivity index (χ2v) is 5.19. The van der Waals surface area contributed by atoms with Crippen LogP contribution in [0.3, 0.4) is 0 Å². The third-order valence-corrected chi connectivity index (χ3v) is 3.29. The summed E-state index contributed by atoms with van der Waals surface area (Å²) in [6.07, 6.45) is 1.04. The Morgan fingerprint density at radius 3 is 2.57 bits per heavy atom. The molecule has 120 valence electrons. The van der Waals surface area contributed by atoms with Crippen LogP contribution in [0, 0.1) is 0 Å². The fourth-order valence-corrected chi connectivity index (χ4v) is 2.10. The molecule has 23 heavy (non-hydrogen) atoms. The van der Waals surface area contributed by atoms with Crippen LogP contribution in [-0.2, 0) is 16.0 Å². The van der Waals surface area contributed by atoms with Gasteiger partial charge in [-0.25, -0.2) is 4.79 Å². The van der Waals surface area contributed by atoms with Gasteiger partial charge in [-0.3, -0.25) is 0 Å². The fraction of sp³-hybridized carbons (Fsp3) is 0.167. The number of ether oxygens (including phenoxy) is 2. The van der Waals surface area contributed by atoms with E-state index >= 15 is 0 Å². The van der Waals surface area contributed by atoms with Crippen molar-refractivity contribution in [2.75, 3.05) is 6.61 Å². The molecule has 0 aliphatic carbocycles. The SMILES string of the molecule is CCOC(=O)/C(=C/O)Cc1cccc(Oc2ccc(Cl)cc2)c1. The Morgan fingerprint density at radius 1 is 1.17 bits per heavy atom. The van der Waals surface area contributed by atoms with Gasteiger partial charge < -0.3 is 14.6 Å². The maximum atomic E-state index is 11.7. The van der Waals surface area contributed by atoms with Gasteiger partial charge in [0.2, 0.25) is 0 Å². The highest BCUT2D eigenvalue weighted by molar-refractivity contribution is 6.30. The van der Waals surface area contributed by atoms with Crippen LogP contribution < -0.4 is 4.74 Å². The number of hydrogen-bond donors (Lipinski definition) is 1. The predicted octanol–water partition coefficient (Wildman–Crippen LogP) is 4.68. The zero-order chi connectivity index (χ0) is 16.7. The number of carbonyl (C=O) groups is 1. The van der Waals surface area contributed by atoms with E-state index in [9.17, 15) is 9.90 Å².